The van der Waals surface area contributed by atoms with Crippen LogP contribution in [0.4, 0.5) is 4.79 Å². The highest BCUT2D eigenvalue weighted by Crippen LogP contribution is 2.12. The van der Waals surface area contributed by atoms with Gasteiger partial charge in [-0.1, -0.05) is 6.92 Å². The van der Waals surface area contributed by atoms with E-state index in [2.05, 4.69) is 10.6 Å². The van der Waals surface area contributed by atoms with Gasteiger partial charge < -0.3 is 10.1 Å². The Hall–Kier alpha value is -2.37. The standard InChI is InChI=1S/C15H20N2O4/c1-4-10(2)16-15(20)17-14(19)9-21-13-7-5-12(6-8-13)11(3)18/h5-8,10H,4,9H2,1-3H3,(H2,16,17,19,20)/t10-/m0/s1. The first-order chi connectivity index (χ1) is 9.92. The first kappa shape index (κ1) is 16.7. The van der Waals surface area contributed by atoms with E-state index in [1.807, 2.05) is 13.8 Å². The number of hydrogen-bond donors (Lipinski definition) is 2. The molecule has 0 aliphatic rings. The summed E-state index contributed by atoms with van der Waals surface area (Å²) in [4.78, 5) is 34.0. The molecular weight excluding hydrogens is 272 g/mol. The van der Waals surface area contributed by atoms with E-state index in [-0.39, 0.29) is 18.4 Å². The zero-order chi connectivity index (χ0) is 15.8. The Bertz CT molecular complexity index is 511. The maximum Gasteiger partial charge on any atom is 0.321 e. The Morgan fingerprint density at radius 2 is 1.81 bits per heavy atom. The molecule has 0 saturated heterocycles. The van der Waals surface area contributed by atoms with E-state index in [4.69, 9.17) is 4.74 Å². The molecule has 21 heavy (non-hydrogen) atoms. The lowest BCUT2D eigenvalue weighted by Gasteiger charge is -2.12. The van der Waals surface area contributed by atoms with Crippen LogP contribution in [0.25, 0.3) is 0 Å². The van der Waals surface area contributed by atoms with Crippen LogP contribution in [-0.2, 0) is 4.79 Å². The van der Waals surface area contributed by atoms with E-state index in [1.54, 1.807) is 24.3 Å². The molecule has 6 nitrogen and oxygen atoms in total. The number of ketones is 1. The minimum atomic E-state index is -0.537. The molecule has 3 amide bonds. The number of hydrogen-bond acceptors (Lipinski definition) is 4. The van der Waals surface area contributed by atoms with Crippen LogP contribution in [0.1, 0.15) is 37.6 Å². The van der Waals surface area contributed by atoms with Crippen molar-refractivity contribution in [1.29, 1.82) is 0 Å². The minimum absolute atomic E-state index is 0.00200. The Morgan fingerprint density at radius 1 is 1.19 bits per heavy atom. The van der Waals surface area contributed by atoms with Gasteiger partial charge in [-0.05, 0) is 44.5 Å². The third-order valence-electron chi connectivity index (χ3n) is 2.87. The summed E-state index contributed by atoms with van der Waals surface area (Å²) in [6, 6.07) is 5.89. The first-order valence-electron chi connectivity index (χ1n) is 6.76. The molecule has 0 saturated carbocycles. The highest BCUT2D eigenvalue weighted by Gasteiger charge is 2.10. The van der Waals surface area contributed by atoms with E-state index >= 15 is 0 Å². The van der Waals surface area contributed by atoms with Gasteiger partial charge in [0.2, 0.25) is 0 Å². The van der Waals surface area contributed by atoms with Gasteiger partial charge in [-0.2, -0.15) is 0 Å². The maximum absolute atomic E-state index is 11.5. The molecule has 6 heteroatoms. The molecule has 0 fully saturated rings. The number of benzene rings is 1. The van der Waals surface area contributed by atoms with Crippen LogP contribution >= 0.6 is 0 Å². The van der Waals surface area contributed by atoms with Gasteiger partial charge in [0.1, 0.15) is 5.75 Å². The van der Waals surface area contributed by atoms with Gasteiger partial charge in [-0.25, -0.2) is 4.79 Å². The number of Topliss-reactive ketones (excluding diaryl/α,β-unsaturated/α-hetero) is 1. The van der Waals surface area contributed by atoms with Crippen molar-refractivity contribution in [2.45, 2.75) is 33.2 Å². The minimum Gasteiger partial charge on any atom is -0.484 e. The van der Waals surface area contributed by atoms with Gasteiger partial charge in [0, 0.05) is 11.6 Å². The van der Waals surface area contributed by atoms with Crippen molar-refractivity contribution in [2.75, 3.05) is 6.61 Å². The number of imide groups is 1. The summed E-state index contributed by atoms with van der Waals surface area (Å²) < 4.78 is 5.23. The first-order valence-corrected chi connectivity index (χ1v) is 6.76. The van der Waals surface area contributed by atoms with Crippen LogP contribution < -0.4 is 15.4 Å². The van der Waals surface area contributed by atoms with Crippen molar-refractivity contribution in [1.82, 2.24) is 10.6 Å². The summed E-state index contributed by atoms with van der Waals surface area (Å²) in [5.41, 5.74) is 0.569. The van der Waals surface area contributed by atoms with E-state index in [0.717, 1.165) is 6.42 Å². The Kier molecular flexibility index (Phi) is 6.39. The zero-order valence-corrected chi connectivity index (χ0v) is 12.4. The largest absolute Gasteiger partial charge is 0.484 e. The summed E-state index contributed by atoms with van der Waals surface area (Å²) in [7, 11) is 0. The lowest BCUT2D eigenvalue weighted by Crippen LogP contribution is -2.44. The molecule has 0 aliphatic carbocycles. The van der Waals surface area contributed by atoms with Crippen LogP contribution in [0, 0.1) is 0 Å². The second-order valence-electron chi connectivity index (χ2n) is 4.70. The van der Waals surface area contributed by atoms with E-state index in [9.17, 15) is 14.4 Å². The molecular formula is C15H20N2O4. The Morgan fingerprint density at radius 3 is 2.33 bits per heavy atom. The summed E-state index contributed by atoms with van der Waals surface area (Å²) in [6.45, 7) is 4.98. The van der Waals surface area contributed by atoms with E-state index in [1.165, 1.54) is 6.92 Å². The molecule has 114 valence electrons. The lowest BCUT2D eigenvalue weighted by molar-refractivity contribution is -0.122. The molecule has 1 aromatic rings. The lowest BCUT2D eigenvalue weighted by atomic mass is 10.1. The highest BCUT2D eigenvalue weighted by molar-refractivity contribution is 5.95. The van der Waals surface area contributed by atoms with Crippen molar-refractivity contribution < 1.29 is 19.1 Å². The van der Waals surface area contributed by atoms with Crippen LogP contribution in [0.2, 0.25) is 0 Å². The van der Waals surface area contributed by atoms with Crippen molar-refractivity contribution in [3.63, 3.8) is 0 Å². The number of amides is 3. The molecule has 0 heterocycles. The second kappa shape index (κ2) is 8.04. The topological polar surface area (TPSA) is 84.5 Å². The number of rotatable bonds is 6. The number of carbonyl (C=O) groups is 3. The molecule has 0 radical (unpaired) electrons. The Balaban J connectivity index is 2.39. The Labute approximate surface area is 123 Å². The molecule has 0 bridgehead atoms. The molecule has 1 atom stereocenters. The van der Waals surface area contributed by atoms with Gasteiger partial charge in [0.25, 0.3) is 5.91 Å². The molecule has 0 aromatic heterocycles. The molecule has 0 unspecified atom stereocenters. The molecule has 0 aliphatic heterocycles. The molecule has 0 spiro atoms. The van der Waals surface area contributed by atoms with Gasteiger partial charge in [0.05, 0.1) is 0 Å². The summed E-state index contributed by atoms with van der Waals surface area (Å²) in [6.07, 6.45) is 0.778. The van der Waals surface area contributed by atoms with Crippen molar-refractivity contribution in [2.24, 2.45) is 0 Å². The van der Waals surface area contributed by atoms with Crippen molar-refractivity contribution >= 4 is 17.7 Å². The fourth-order valence-corrected chi connectivity index (χ4v) is 1.46. The van der Waals surface area contributed by atoms with Crippen LogP contribution in [-0.4, -0.2) is 30.4 Å². The van der Waals surface area contributed by atoms with Gasteiger partial charge >= 0.3 is 6.03 Å². The SMILES string of the molecule is CC[C@H](C)NC(=O)NC(=O)COc1ccc(C(C)=O)cc1. The quantitative estimate of drug-likeness (QED) is 0.784. The second-order valence-corrected chi connectivity index (χ2v) is 4.70. The summed E-state index contributed by atoms with van der Waals surface area (Å²) >= 11 is 0. The fraction of sp³-hybridized carbons (Fsp3) is 0.400. The number of carbonyl (C=O) groups excluding carboxylic acids is 3. The highest BCUT2D eigenvalue weighted by atomic mass is 16.5. The average molecular weight is 292 g/mol. The normalized spacial score (nSPS) is 11.4. The average Bonchev–Trinajstić information content (AvgIpc) is 2.45. The van der Waals surface area contributed by atoms with E-state index < -0.39 is 11.9 Å². The third kappa shape index (κ3) is 6.07. The molecule has 1 aromatic carbocycles. The smallest absolute Gasteiger partial charge is 0.321 e. The van der Waals surface area contributed by atoms with Crippen LogP contribution in [0.3, 0.4) is 0 Å². The van der Waals surface area contributed by atoms with E-state index in [0.29, 0.717) is 11.3 Å². The number of ether oxygens (including phenoxy) is 1. The maximum atomic E-state index is 11.5. The van der Waals surface area contributed by atoms with Crippen LogP contribution in [0.5, 0.6) is 5.75 Å². The third-order valence-corrected chi connectivity index (χ3v) is 2.87. The predicted molar refractivity (Wildman–Crippen MR) is 78.4 cm³/mol. The van der Waals surface area contributed by atoms with Gasteiger partial charge in [0.15, 0.2) is 12.4 Å². The van der Waals surface area contributed by atoms with Gasteiger partial charge in [-0.15, -0.1) is 0 Å². The predicted octanol–water partition coefficient (Wildman–Crippen LogP) is 1.89. The van der Waals surface area contributed by atoms with Crippen molar-refractivity contribution in [3.8, 4) is 5.75 Å². The van der Waals surface area contributed by atoms with Crippen molar-refractivity contribution in [3.05, 3.63) is 29.8 Å². The van der Waals surface area contributed by atoms with Gasteiger partial charge in [-0.3, -0.25) is 14.9 Å². The monoisotopic (exact) mass is 292 g/mol. The molecule has 2 N–H and O–H groups in total. The summed E-state index contributed by atoms with van der Waals surface area (Å²) in [5, 5.41) is 4.79. The fourth-order valence-electron chi connectivity index (χ4n) is 1.46. The number of urea groups is 1. The molecule has 1 rings (SSSR count). The zero-order valence-electron chi connectivity index (χ0n) is 12.4. The number of nitrogens with one attached hydrogen (secondary N) is 2. The summed E-state index contributed by atoms with van der Waals surface area (Å²) in [5.74, 6) is -0.120. The van der Waals surface area contributed by atoms with Crippen LogP contribution in [0.15, 0.2) is 24.3 Å².